The van der Waals surface area contributed by atoms with Gasteiger partial charge < -0.3 is 34.6 Å². The highest BCUT2D eigenvalue weighted by molar-refractivity contribution is 4.58. The van der Waals surface area contributed by atoms with Crippen LogP contribution in [0.15, 0.2) is 0 Å². The fourth-order valence-electron chi connectivity index (χ4n) is 2.68. The summed E-state index contributed by atoms with van der Waals surface area (Å²) in [5, 5.41) is 35.7. The summed E-state index contributed by atoms with van der Waals surface area (Å²) in [6.07, 6.45) is 9.83. The van der Waals surface area contributed by atoms with E-state index in [-0.39, 0.29) is 39.1 Å². The quantitative estimate of drug-likeness (QED) is 0.174. The summed E-state index contributed by atoms with van der Waals surface area (Å²) in [6.45, 7) is 2.73. The van der Waals surface area contributed by atoms with Crippen molar-refractivity contribution >= 4 is 0 Å². The minimum Gasteiger partial charge on any atom is -0.394 e. The van der Waals surface area contributed by atoms with Crippen LogP contribution in [-0.2, 0) is 14.2 Å². The number of ether oxygens (including phenoxy) is 3. The van der Waals surface area contributed by atoms with Gasteiger partial charge in [-0.25, -0.2) is 0 Å². The van der Waals surface area contributed by atoms with E-state index >= 15 is 0 Å². The lowest BCUT2D eigenvalue weighted by atomic mass is 10.1. The summed E-state index contributed by atoms with van der Waals surface area (Å²) in [5.74, 6) is 0. The van der Waals surface area contributed by atoms with Gasteiger partial charge in [0.05, 0.1) is 33.0 Å². The van der Waals surface area contributed by atoms with Crippen LogP contribution >= 0.6 is 0 Å². The lowest BCUT2D eigenvalue weighted by molar-refractivity contribution is -0.122. The van der Waals surface area contributed by atoms with Gasteiger partial charge in [0.25, 0.3) is 0 Å². The Morgan fingerprint density at radius 1 is 0.667 bits per heavy atom. The Balaban J connectivity index is 3.70. The van der Waals surface area contributed by atoms with Crippen molar-refractivity contribution in [3.63, 3.8) is 0 Å². The molecule has 0 saturated carbocycles. The van der Waals surface area contributed by atoms with Gasteiger partial charge >= 0.3 is 0 Å². The molecule has 0 aromatic rings. The smallest absolute Gasteiger partial charge is 0.175 e. The van der Waals surface area contributed by atoms with E-state index in [4.69, 9.17) is 29.5 Å². The molecule has 7 nitrogen and oxygen atoms in total. The SMILES string of the molecule is CCCCCCCCCCCCOC(COCC(O)O)COCC(O)CO. The van der Waals surface area contributed by atoms with E-state index < -0.39 is 12.4 Å². The molecule has 0 rings (SSSR count). The topological polar surface area (TPSA) is 109 Å². The third kappa shape index (κ3) is 20.3. The lowest BCUT2D eigenvalue weighted by Crippen LogP contribution is -2.30. The van der Waals surface area contributed by atoms with Crippen LogP contribution in [0, 0.1) is 0 Å². The highest BCUT2D eigenvalue weighted by Gasteiger charge is 2.12. The molecule has 2 atom stereocenters. The molecule has 4 N–H and O–H groups in total. The van der Waals surface area contributed by atoms with Crippen LogP contribution in [0.4, 0.5) is 0 Å². The van der Waals surface area contributed by atoms with Crippen molar-refractivity contribution in [1.82, 2.24) is 0 Å². The van der Waals surface area contributed by atoms with Gasteiger partial charge in [-0.3, -0.25) is 0 Å². The third-order valence-electron chi connectivity index (χ3n) is 4.25. The minimum atomic E-state index is -1.51. The highest BCUT2D eigenvalue weighted by atomic mass is 16.6. The molecule has 27 heavy (non-hydrogen) atoms. The average Bonchev–Trinajstić information content (AvgIpc) is 2.65. The Kier molecular flexibility index (Phi) is 20.2. The maximum absolute atomic E-state index is 9.28. The number of rotatable bonds is 21. The Hall–Kier alpha value is -0.280. The number of aliphatic hydroxyl groups is 4. The van der Waals surface area contributed by atoms with Gasteiger partial charge in [0.15, 0.2) is 6.29 Å². The van der Waals surface area contributed by atoms with Gasteiger partial charge in [-0.2, -0.15) is 0 Å². The molecule has 2 unspecified atom stereocenters. The van der Waals surface area contributed by atoms with Crippen LogP contribution in [0.1, 0.15) is 71.1 Å². The van der Waals surface area contributed by atoms with E-state index in [1.165, 1.54) is 51.4 Å². The van der Waals surface area contributed by atoms with Crippen LogP contribution in [0.5, 0.6) is 0 Å². The van der Waals surface area contributed by atoms with Gasteiger partial charge in [-0.05, 0) is 6.42 Å². The normalized spacial score (nSPS) is 14.0. The van der Waals surface area contributed by atoms with E-state index in [0.717, 1.165) is 12.8 Å². The fraction of sp³-hybridized carbons (Fsp3) is 1.00. The number of unbranched alkanes of at least 4 members (excludes halogenated alkanes) is 9. The fourth-order valence-corrected chi connectivity index (χ4v) is 2.68. The molecular weight excluding hydrogens is 352 g/mol. The van der Waals surface area contributed by atoms with Crippen molar-refractivity contribution < 1.29 is 34.6 Å². The van der Waals surface area contributed by atoms with Crippen molar-refractivity contribution in [2.45, 2.75) is 89.6 Å². The first-order chi connectivity index (χ1) is 13.1. The van der Waals surface area contributed by atoms with Gasteiger partial charge in [0.1, 0.15) is 12.2 Å². The van der Waals surface area contributed by atoms with E-state index in [1.807, 2.05) is 0 Å². The second-order valence-corrected chi connectivity index (χ2v) is 7.07. The molecule has 164 valence electrons. The first-order valence-corrected chi connectivity index (χ1v) is 10.5. The zero-order valence-electron chi connectivity index (χ0n) is 17.1. The molecule has 0 aliphatic rings. The molecule has 0 aliphatic carbocycles. The monoisotopic (exact) mass is 394 g/mol. The third-order valence-corrected chi connectivity index (χ3v) is 4.25. The molecule has 7 heteroatoms. The van der Waals surface area contributed by atoms with Crippen molar-refractivity contribution in [1.29, 1.82) is 0 Å². The van der Waals surface area contributed by atoms with E-state index in [2.05, 4.69) is 6.92 Å². The molecule has 0 aliphatic heterocycles. The second-order valence-electron chi connectivity index (χ2n) is 7.07. The zero-order chi connectivity index (χ0) is 20.2. The maximum atomic E-state index is 9.28. The van der Waals surface area contributed by atoms with E-state index in [1.54, 1.807) is 0 Å². The van der Waals surface area contributed by atoms with Crippen molar-refractivity contribution in [3.05, 3.63) is 0 Å². The molecule has 0 aromatic carbocycles. The van der Waals surface area contributed by atoms with Crippen LogP contribution in [0.2, 0.25) is 0 Å². The molecule has 0 spiro atoms. The molecule has 0 fully saturated rings. The Morgan fingerprint density at radius 3 is 1.70 bits per heavy atom. The summed E-state index contributed by atoms with van der Waals surface area (Å²) in [4.78, 5) is 0. The molecule has 0 amide bonds. The van der Waals surface area contributed by atoms with Crippen LogP contribution < -0.4 is 0 Å². The predicted molar refractivity (Wildman–Crippen MR) is 105 cm³/mol. The predicted octanol–water partition coefficient (Wildman–Crippen LogP) is 1.99. The number of aliphatic hydroxyl groups excluding tert-OH is 3. The lowest BCUT2D eigenvalue weighted by Gasteiger charge is -2.19. The molecule has 0 heterocycles. The summed E-state index contributed by atoms with van der Waals surface area (Å²) in [5.41, 5.74) is 0. The van der Waals surface area contributed by atoms with Crippen LogP contribution in [-0.4, -0.2) is 78.6 Å². The molecule has 0 radical (unpaired) electrons. The summed E-state index contributed by atoms with van der Waals surface area (Å²) in [7, 11) is 0. The second kappa shape index (κ2) is 20.5. The number of hydrogen-bond donors (Lipinski definition) is 4. The molecule has 0 bridgehead atoms. The van der Waals surface area contributed by atoms with Gasteiger partial charge in [-0.15, -0.1) is 0 Å². The summed E-state index contributed by atoms with van der Waals surface area (Å²) < 4.78 is 16.2. The zero-order valence-corrected chi connectivity index (χ0v) is 17.1. The van der Waals surface area contributed by atoms with Gasteiger partial charge in [0, 0.05) is 6.61 Å². The first-order valence-electron chi connectivity index (χ1n) is 10.5. The van der Waals surface area contributed by atoms with Crippen LogP contribution in [0.25, 0.3) is 0 Å². The van der Waals surface area contributed by atoms with Crippen LogP contribution in [0.3, 0.4) is 0 Å². The first kappa shape index (κ1) is 26.7. The summed E-state index contributed by atoms with van der Waals surface area (Å²) in [6, 6.07) is 0. The van der Waals surface area contributed by atoms with Crippen molar-refractivity contribution in [3.8, 4) is 0 Å². The summed E-state index contributed by atoms with van der Waals surface area (Å²) >= 11 is 0. The van der Waals surface area contributed by atoms with E-state index in [0.29, 0.717) is 6.61 Å². The molecule has 0 aromatic heterocycles. The molecular formula is C20H42O7. The Labute approximate surface area is 164 Å². The van der Waals surface area contributed by atoms with Crippen molar-refractivity contribution in [2.24, 2.45) is 0 Å². The highest BCUT2D eigenvalue weighted by Crippen LogP contribution is 2.11. The Bertz CT molecular complexity index is 290. The number of hydrogen-bond acceptors (Lipinski definition) is 7. The average molecular weight is 395 g/mol. The van der Waals surface area contributed by atoms with Crippen molar-refractivity contribution in [2.75, 3.05) is 39.6 Å². The standard InChI is InChI=1S/C20H42O7/c1-2-3-4-5-6-7-8-9-10-11-12-27-19(16-26-17-20(23)24)15-25-14-18(22)13-21/h18-24H,2-17H2,1H3. The maximum Gasteiger partial charge on any atom is 0.175 e. The van der Waals surface area contributed by atoms with E-state index in [9.17, 15) is 5.11 Å². The minimum absolute atomic E-state index is 0.0250. The largest absolute Gasteiger partial charge is 0.394 e. The Morgan fingerprint density at radius 2 is 1.19 bits per heavy atom. The van der Waals surface area contributed by atoms with Gasteiger partial charge in [-0.1, -0.05) is 64.7 Å². The van der Waals surface area contributed by atoms with Gasteiger partial charge in [0.2, 0.25) is 0 Å². The molecule has 0 saturated heterocycles.